The first-order chi connectivity index (χ1) is 8.09. The second-order valence-corrected chi connectivity index (χ2v) is 5.40. The first-order valence-corrected chi connectivity index (χ1v) is 6.31. The molecule has 1 saturated carbocycles. The molecule has 1 aromatic heterocycles. The van der Waals surface area contributed by atoms with E-state index in [1.54, 1.807) is 12.3 Å². The van der Waals surface area contributed by atoms with E-state index in [4.69, 9.17) is 5.73 Å². The third-order valence-electron chi connectivity index (χ3n) is 3.69. The molecule has 0 saturated heterocycles. The maximum atomic E-state index is 11.8. The highest BCUT2D eigenvalue weighted by Crippen LogP contribution is 2.34. The molecule has 4 heteroatoms. The molecule has 94 valence electrons. The van der Waals surface area contributed by atoms with Gasteiger partial charge < -0.3 is 16.0 Å². The average molecular weight is 235 g/mol. The van der Waals surface area contributed by atoms with Gasteiger partial charge in [-0.25, -0.2) is 0 Å². The fourth-order valence-electron chi connectivity index (χ4n) is 2.51. The highest BCUT2D eigenvalue weighted by Gasteiger charge is 2.27. The monoisotopic (exact) mass is 235 g/mol. The number of nitrogens with two attached hydrogens (primary N) is 1. The summed E-state index contributed by atoms with van der Waals surface area (Å²) in [6.07, 6.45) is 7.94. The van der Waals surface area contributed by atoms with Crippen molar-refractivity contribution in [3.05, 3.63) is 18.0 Å². The lowest BCUT2D eigenvalue weighted by Gasteiger charge is -2.33. The Kier molecular flexibility index (Phi) is 3.41. The lowest BCUT2D eigenvalue weighted by molar-refractivity contribution is 0.0915. The van der Waals surface area contributed by atoms with Crippen LogP contribution in [-0.2, 0) is 0 Å². The van der Waals surface area contributed by atoms with Gasteiger partial charge in [0, 0.05) is 18.4 Å². The molecule has 1 aliphatic rings. The molecule has 0 unspecified atom stereocenters. The second-order valence-electron chi connectivity index (χ2n) is 5.40. The van der Waals surface area contributed by atoms with E-state index in [1.165, 1.54) is 32.1 Å². The highest BCUT2D eigenvalue weighted by molar-refractivity contribution is 5.93. The Morgan fingerprint density at radius 1 is 1.47 bits per heavy atom. The van der Waals surface area contributed by atoms with E-state index in [9.17, 15) is 4.79 Å². The van der Waals surface area contributed by atoms with Gasteiger partial charge in [-0.15, -0.1) is 0 Å². The van der Waals surface area contributed by atoms with Gasteiger partial charge in [-0.05, 0) is 24.3 Å². The minimum Gasteiger partial charge on any atom is -0.397 e. The molecule has 4 N–H and O–H groups in total. The van der Waals surface area contributed by atoms with Crippen LogP contribution in [0, 0.1) is 5.41 Å². The highest BCUT2D eigenvalue weighted by atomic mass is 16.1. The van der Waals surface area contributed by atoms with Crippen molar-refractivity contribution in [2.45, 2.75) is 39.0 Å². The molecule has 0 spiro atoms. The predicted molar refractivity (Wildman–Crippen MR) is 68.7 cm³/mol. The normalized spacial score (nSPS) is 18.9. The summed E-state index contributed by atoms with van der Waals surface area (Å²) in [5, 5.41) is 3.00. The largest absolute Gasteiger partial charge is 0.397 e. The Balaban J connectivity index is 1.87. The van der Waals surface area contributed by atoms with Crippen LogP contribution in [0.15, 0.2) is 12.3 Å². The van der Waals surface area contributed by atoms with E-state index in [-0.39, 0.29) is 11.3 Å². The number of carbonyl (C=O) groups is 1. The smallest absolute Gasteiger partial charge is 0.267 e. The van der Waals surface area contributed by atoms with Crippen LogP contribution in [0.1, 0.15) is 49.5 Å². The van der Waals surface area contributed by atoms with Crippen LogP contribution in [0.2, 0.25) is 0 Å². The number of hydrogen-bond donors (Lipinski definition) is 3. The number of carbonyl (C=O) groups excluding carboxylic acids is 1. The van der Waals surface area contributed by atoms with E-state index < -0.39 is 0 Å². The van der Waals surface area contributed by atoms with Crippen molar-refractivity contribution in [1.82, 2.24) is 10.3 Å². The van der Waals surface area contributed by atoms with Gasteiger partial charge >= 0.3 is 0 Å². The molecule has 17 heavy (non-hydrogen) atoms. The molecule has 0 bridgehead atoms. The number of amides is 1. The number of hydrogen-bond acceptors (Lipinski definition) is 2. The van der Waals surface area contributed by atoms with Gasteiger partial charge in [0.1, 0.15) is 5.69 Å². The van der Waals surface area contributed by atoms with Crippen LogP contribution in [0.4, 0.5) is 5.69 Å². The van der Waals surface area contributed by atoms with Crippen molar-refractivity contribution >= 4 is 11.6 Å². The Bertz CT molecular complexity index is 391. The van der Waals surface area contributed by atoms with Crippen LogP contribution < -0.4 is 11.1 Å². The summed E-state index contributed by atoms with van der Waals surface area (Å²) in [5.41, 5.74) is 6.98. The minimum atomic E-state index is -0.0616. The topological polar surface area (TPSA) is 70.9 Å². The zero-order valence-electron chi connectivity index (χ0n) is 10.4. The summed E-state index contributed by atoms with van der Waals surface area (Å²) >= 11 is 0. The molecule has 0 atom stereocenters. The Hall–Kier alpha value is -1.45. The summed E-state index contributed by atoms with van der Waals surface area (Å²) in [7, 11) is 0. The number of nitrogen functional groups attached to an aromatic ring is 1. The van der Waals surface area contributed by atoms with E-state index in [0.717, 1.165) is 6.54 Å². The SMILES string of the molecule is CC1(CNC(=O)c2cc(N)c[nH]2)CCCCC1. The molecular weight excluding hydrogens is 214 g/mol. The number of nitrogens with one attached hydrogen (secondary N) is 2. The quantitative estimate of drug-likeness (QED) is 0.752. The molecule has 0 aliphatic heterocycles. The van der Waals surface area contributed by atoms with E-state index in [2.05, 4.69) is 17.2 Å². The molecule has 1 aliphatic carbocycles. The molecular formula is C13H21N3O. The zero-order chi connectivity index (χ0) is 12.3. The Labute approximate surface area is 102 Å². The number of aromatic amines is 1. The lowest BCUT2D eigenvalue weighted by atomic mass is 9.76. The summed E-state index contributed by atoms with van der Waals surface area (Å²) in [6.45, 7) is 3.01. The van der Waals surface area contributed by atoms with E-state index in [0.29, 0.717) is 11.4 Å². The zero-order valence-corrected chi connectivity index (χ0v) is 10.4. The molecule has 2 rings (SSSR count). The maximum Gasteiger partial charge on any atom is 0.267 e. The number of rotatable bonds is 3. The average Bonchev–Trinajstić information content (AvgIpc) is 2.74. The third kappa shape index (κ3) is 3.02. The molecule has 0 radical (unpaired) electrons. The van der Waals surface area contributed by atoms with Crippen molar-refractivity contribution in [2.24, 2.45) is 5.41 Å². The number of aromatic nitrogens is 1. The molecule has 1 heterocycles. The van der Waals surface area contributed by atoms with Gasteiger partial charge in [-0.2, -0.15) is 0 Å². The summed E-state index contributed by atoms with van der Waals surface area (Å²) in [6, 6.07) is 1.67. The first-order valence-electron chi connectivity index (χ1n) is 6.31. The minimum absolute atomic E-state index is 0.0616. The third-order valence-corrected chi connectivity index (χ3v) is 3.69. The van der Waals surface area contributed by atoms with Crippen LogP contribution in [-0.4, -0.2) is 17.4 Å². The Morgan fingerprint density at radius 2 is 2.18 bits per heavy atom. The van der Waals surface area contributed by atoms with Crippen LogP contribution in [0.3, 0.4) is 0 Å². The van der Waals surface area contributed by atoms with Gasteiger partial charge in [-0.3, -0.25) is 4.79 Å². The van der Waals surface area contributed by atoms with Gasteiger partial charge in [0.2, 0.25) is 0 Å². The van der Waals surface area contributed by atoms with Crippen molar-refractivity contribution in [1.29, 1.82) is 0 Å². The predicted octanol–water partition coefficient (Wildman–Crippen LogP) is 2.30. The van der Waals surface area contributed by atoms with E-state index >= 15 is 0 Å². The van der Waals surface area contributed by atoms with Gasteiger partial charge in [0.15, 0.2) is 0 Å². The first kappa shape index (κ1) is 12.0. The summed E-state index contributed by atoms with van der Waals surface area (Å²) < 4.78 is 0. The Morgan fingerprint density at radius 3 is 2.76 bits per heavy atom. The molecule has 1 fully saturated rings. The molecule has 1 aromatic rings. The number of H-pyrrole nitrogens is 1. The maximum absolute atomic E-state index is 11.8. The van der Waals surface area contributed by atoms with E-state index in [1.807, 2.05) is 0 Å². The summed E-state index contributed by atoms with van der Waals surface area (Å²) in [5.74, 6) is -0.0616. The second kappa shape index (κ2) is 4.82. The van der Waals surface area contributed by atoms with Gasteiger partial charge in [0.05, 0.1) is 0 Å². The van der Waals surface area contributed by atoms with Crippen molar-refractivity contribution in [3.63, 3.8) is 0 Å². The van der Waals surface area contributed by atoms with Crippen molar-refractivity contribution in [3.8, 4) is 0 Å². The fourth-order valence-corrected chi connectivity index (χ4v) is 2.51. The van der Waals surface area contributed by atoms with Crippen molar-refractivity contribution < 1.29 is 4.79 Å². The fraction of sp³-hybridized carbons (Fsp3) is 0.615. The lowest BCUT2D eigenvalue weighted by Crippen LogP contribution is -2.37. The molecule has 4 nitrogen and oxygen atoms in total. The van der Waals surface area contributed by atoms with Crippen LogP contribution in [0.5, 0.6) is 0 Å². The van der Waals surface area contributed by atoms with Gasteiger partial charge in [-0.1, -0.05) is 26.2 Å². The van der Waals surface area contributed by atoms with Crippen molar-refractivity contribution in [2.75, 3.05) is 12.3 Å². The summed E-state index contributed by atoms with van der Waals surface area (Å²) in [4.78, 5) is 14.7. The molecule has 1 amide bonds. The standard InChI is InChI=1S/C13H21N3O/c1-13(5-3-2-4-6-13)9-16-12(17)11-7-10(14)8-15-11/h7-8,15H,2-6,9,14H2,1H3,(H,16,17). The molecule has 0 aromatic carbocycles. The van der Waals surface area contributed by atoms with Crippen LogP contribution >= 0.6 is 0 Å². The van der Waals surface area contributed by atoms with Crippen LogP contribution in [0.25, 0.3) is 0 Å². The number of anilines is 1. The van der Waals surface area contributed by atoms with Gasteiger partial charge in [0.25, 0.3) is 5.91 Å².